The number of aryl methyl sites for hydroxylation is 2. The van der Waals surface area contributed by atoms with Crippen molar-refractivity contribution in [1.82, 2.24) is 9.97 Å². The van der Waals surface area contributed by atoms with E-state index in [9.17, 15) is 0 Å². The third-order valence-corrected chi connectivity index (χ3v) is 10.5. The molecule has 2 aromatic heterocycles. The summed E-state index contributed by atoms with van der Waals surface area (Å²) in [6.45, 7) is 4.23. The van der Waals surface area contributed by atoms with E-state index >= 15 is 0 Å². The van der Waals surface area contributed by atoms with E-state index in [0.717, 1.165) is 86.3 Å². The molecule has 0 saturated heterocycles. The summed E-state index contributed by atoms with van der Waals surface area (Å²) < 4.78 is 0. The maximum atomic E-state index is 5.34. The smallest absolute Gasteiger partial charge is 0.139 e. The second kappa shape index (κ2) is 17.9. The molecule has 0 N–H and O–H groups in total. The van der Waals surface area contributed by atoms with Crippen LogP contribution in [-0.2, 0) is 6.42 Å². The van der Waals surface area contributed by atoms with Gasteiger partial charge in [-0.2, -0.15) is 0 Å². The molecular weight excluding hydrogens is 745 g/mol. The van der Waals surface area contributed by atoms with Crippen molar-refractivity contribution in [3.8, 4) is 0 Å². The molecule has 6 nitrogen and oxygen atoms in total. The van der Waals surface area contributed by atoms with Crippen molar-refractivity contribution in [2.45, 2.75) is 20.3 Å². The highest BCUT2D eigenvalue weighted by atomic mass is 15.2. The van der Waals surface area contributed by atoms with Crippen LogP contribution in [0.4, 0.5) is 68.5 Å². The lowest BCUT2D eigenvalue weighted by molar-refractivity contribution is 1.02. The second-order valence-corrected chi connectivity index (χ2v) is 14.7. The first kappa shape index (κ1) is 38.6. The van der Waals surface area contributed by atoms with Crippen molar-refractivity contribution in [3.63, 3.8) is 0 Å². The molecule has 0 bridgehead atoms. The fourth-order valence-corrected chi connectivity index (χ4v) is 7.81. The fraction of sp³-hybridized carbons (Fsp3) is 0.0545. The average Bonchev–Trinajstić information content (AvgIpc) is 3.31. The highest BCUT2D eigenvalue weighted by Gasteiger charge is 2.23. The molecular formula is C55H46N6. The molecule has 0 spiro atoms. The van der Waals surface area contributed by atoms with Crippen molar-refractivity contribution >= 4 is 68.5 Å². The van der Waals surface area contributed by atoms with Gasteiger partial charge in [0.15, 0.2) is 0 Å². The van der Waals surface area contributed by atoms with Crippen molar-refractivity contribution < 1.29 is 0 Å². The highest BCUT2D eigenvalue weighted by molar-refractivity contribution is 5.86. The minimum atomic E-state index is 0.773. The van der Waals surface area contributed by atoms with Crippen LogP contribution in [0.1, 0.15) is 18.3 Å². The van der Waals surface area contributed by atoms with Gasteiger partial charge in [-0.15, -0.1) is 0 Å². The lowest BCUT2D eigenvalue weighted by atomic mass is 10.1. The van der Waals surface area contributed by atoms with Crippen LogP contribution in [-0.4, -0.2) is 9.97 Å². The molecule has 0 amide bonds. The Balaban J connectivity index is 1.20. The molecule has 61 heavy (non-hydrogen) atoms. The SMILES string of the molecule is CCc1cc(N(c2ccccc2)c2ccccc2)cc(N(c2ccccc2)c2cccc(N(c3ccccc3)c3cc(C)nc(N(c4ccccc4)c4ccccc4)c3)c2)n1. The van der Waals surface area contributed by atoms with Gasteiger partial charge in [0.1, 0.15) is 11.6 Å². The normalized spacial score (nSPS) is 10.9. The van der Waals surface area contributed by atoms with E-state index in [1.54, 1.807) is 0 Å². The Morgan fingerprint density at radius 1 is 0.295 bits per heavy atom. The minimum absolute atomic E-state index is 0.773. The van der Waals surface area contributed by atoms with Crippen molar-refractivity contribution in [2.24, 2.45) is 0 Å². The predicted octanol–water partition coefficient (Wildman–Crippen LogP) is 15.2. The van der Waals surface area contributed by atoms with Crippen molar-refractivity contribution in [1.29, 1.82) is 0 Å². The molecule has 9 rings (SSSR count). The Morgan fingerprint density at radius 2 is 0.607 bits per heavy atom. The van der Waals surface area contributed by atoms with Gasteiger partial charge in [0.2, 0.25) is 0 Å². The number of aromatic nitrogens is 2. The molecule has 2 heterocycles. The van der Waals surface area contributed by atoms with Crippen LogP contribution in [0.15, 0.2) is 231 Å². The van der Waals surface area contributed by atoms with E-state index in [2.05, 4.69) is 252 Å². The van der Waals surface area contributed by atoms with Gasteiger partial charge in [-0.05, 0) is 116 Å². The minimum Gasteiger partial charge on any atom is -0.310 e. The summed E-state index contributed by atoms with van der Waals surface area (Å²) in [5.41, 5.74) is 12.1. The molecule has 0 radical (unpaired) electrons. The van der Waals surface area contributed by atoms with Gasteiger partial charge in [0.25, 0.3) is 0 Å². The molecule has 0 atom stereocenters. The Bertz CT molecular complexity index is 2720. The molecule has 7 aromatic carbocycles. The van der Waals surface area contributed by atoms with Crippen LogP contribution in [0.5, 0.6) is 0 Å². The van der Waals surface area contributed by atoms with E-state index in [4.69, 9.17) is 9.97 Å². The van der Waals surface area contributed by atoms with Crippen LogP contribution in [0.25, 0.3) is 0 Å². The Morgan fingerprint density at radius 3 is 1.02 bits per heavy atom. The topological polar surface area (TPSA) is 38.7 Å². The van der Waals surface area contributed by atoms with E-state index in [1.807, 2.05) is 12.1 Å². The van der Waals surface area contributed by atoms with Gasteiger partial charge in [-0.1, -0.05) is 122 Å². The number of hydrogen-bond acceptors (Lipinski definition) is 6. The van der Waals surface area contributed by atoms with E-state index < -0.39 is 0 Å². The fourth-order valence-electron chi connectivity index (χ4n) is 7.81. The van der Waals surface area contributed by atoms with Crippen LogP contribution in [0, 0.1) is 6.92 Å². The van der Waals surface area contributed by atoms with E-state index in [-0.39, 0.29) is 0 Å². The van der Waals surface area contributed by atoms with Crippen LogP contribution in [0.3, 0.4) is 0 Å². The number of nitrogens with zero attached hydrogens (tertiary/aromatic N) is 6. The first-order valence-electron chi connectivity index (χ1n) is 20.7. The van der Waals surface area contributed by atoms with Crippen LogP contribution < -0.4 is 19.6 Å². The first-order chi connectivity index (χ1) is 30.1. The molecule has 9 aromatic rings. The standard InChI is InChI=1S/C55H46N6/c1-3-43-38-53(58(44-23-10-4-11-24-44)45-25-12-5-13-26-45)41-55(57-43)61(49-33-20-9-21-34-49)51-36-22-35-50(39-51)59(46-27-14-6-15-28-46)52-37-42(2)56-54(40-52)60(47-29-16-7-17-30-47)48-31-18-8-19-32-48/h4-41H,3H2,1-2H3. The molecule has 0 aliphatic carbocycles. The molecule has 0 saturated carbocycles. The largest absolute Gasteiger partial charge is 0.310 e. The third-order valence-electron chi connectivity index (χ3n) is 10.5. The van der Waals surface area contributed by atoms with Gasteiger partial charge < -0.3 is 9.80 Å². The third kappa shape index (κ3) is 8.47. The summed E-state index contributed by atoms with van der Waals surface area (Å²) in [6, 6.07) is 80.5. The summed E-state index contributed by atoms with van der Waals surface area (Å²) >= 11 is 0. The molecule has 0 aliphatic heterocycles. The molecule has 6 heteroatoms. The van der Waals surface area contributed by atoms with Crippen LogP contribution >= 0.6 is 0 Å². The first-order valence-corrected chi connectivity index (χ1v) is 20.7. The number of para-hydroxylation sites is 6. The van der Waals surface area contributed by atoms with Crippen molar-refractivity contribution in [3.05, 3.63) is 242 Å². The zero-order chi connectivity index (χ0) is 41.4. The summed E-state index contributed by atoms with van der Waals surface area (Å²) in [5.74, 6) is 1.65. The quantitative estimate of drug-likeness (QED) is 0.116. The molecule has 0 unspecified atom stereocenters. The van der Waals surface area contributed by atoms with Gasteiger partial charge >= 0.3 is 0 Å². The predicted molar refractivity (Wildman–Crippen MR) is 255 cm³/mol. The number of hydrogen-bond donors (Lipinski definition) is 0. The lowest BCUT2D eigenvalue weighted by Crippen LogP contribution is -2.17. The van der Waals surface area contributed by atoms with Gasteiger partial charge in [0, 0.05) is 69.0 Å². The second-order valence-electron chi connectivity index (χ2n) is 14.7. The van der Waals surface area contributed by atoms with E-state index in [1.165, 1.54) is 0 Å². The zero-order valence-corrected chi connectivity index (χ0v) is 34.3. The Kier molecular flexibility index (Phi) is 11.3. The summed E-state index contributed by atoms with van der Waals surface area (Å²) in [6.07, 6.45) is 0.773. The lowest BCUT2D eigenvalue weighted by Gasteiger charge is -2.31. The van der Waals surface area contributed by atoms with Crippen molar-refractivity contribution in [2.75, 3.05) is 19.6 Å². The maximum Gasteiger partial charge on any atom is 0.139 e. The summed E-state index contributed by atoms with van der Waals surface area (Å²) in [5, 5.41) is 0. The maximum absolute atomic E-state index is 5.34. The Hall–Kier alpha value is -7.96. The zero-order valence-electron chi connectivity index (χ0n) is 34.3. The summed E-state index contributed by atoms with van der Waals surface area (Å²) in [7, 11) is 0. The monoisotopic (exact) mass is 790 g/mol. The molecule has 296 valence electrons. The number of rotatable bonds is 13. The average molecular weight is 791 g/mol. The van der Waals surface area contributed by atoms with Crippen LogP contribution in [0.2, 0.25) is 0 Å². The number of anilines is 12. The Labute approximate surface area is 358 Å². The van der Waals surface area contributed by atoms with Gasteiger partial charge in [-0.25, -0.2) is 9.97 Å². The molecule has 0 fully saturated rings. The van der Waals surface area contributed by atoms with Gasteiger partial charge in [0.05, 0.1) is 11.4 Å². The number of pyridine rings is 2. The molecule has 0 aliphatic rings. The van der Waals surface area contributed by atoms with E-state index in [0.29, 0.717) is 0 Å². The van der Waals surface area contributed by atoms with Gasteiger partial charge in [-0.3, -0.25) is 9.80 Å². The summed E-state index contributed by atoms with van der Waals surface area (Å²) in [4.78, 5) is 19.6. The number of benzene rings is 7. The highest BCUT2D eigenvalue weighted by Crippen LogP contribution is 2.44.